The first-order valence-corrected chi connectivity index (χ1v) is 15.4. The zero-order valence-corrected chi connectivity index (χ0v) is 16.0. The average Bonchev–Trinajstić information content (AvgIpc) is 2.56. The van der Waals surface area contributed by atoms with Gasteiger partial charge in [0, 0.05) is 0 Å². The standard InChI is InChI=1S/3C7H7.2FH.Sb/c3*1-7-5-3-2-4-6-7;;;/h3*2-6H,1H2;2*1H;/q;;;;;+2/p-2. The van der Waals surface area contributed by atoms with Crippen molar-refractivity contribution in [2.24, 2.45) is 0 Å². The summed E-state index contributed by atoms with van der Waals surface area (Å²) in [5, 5.41) is 0. The second-order valence-corrected chi connectivity index (χ2v) is 17.4. The molecule has 3 aromatic rings. The molecule has 0 aliphatic carbocycles. The van der Waals surface area contributed by atoms with Crippen LogP contribution in [0.25, 0.3) is 0 Å². The molecule has 0 nitrogen and oxygen atoms in total. The van der Waals surface area contributed by atoms with E-state index in [1.54, 1.807) is 0 Å². The summed E-state index contributed by atoms with van der Waals surface area (Å²) >= 11 is -5.90. The van der Waals surface area contributed by atoms with E-state index in [1.165, 1.54) is 0 Å². The summed E-state index contributed by atoms with van der Waals surface area (Å²) in [6.07, 6.45) is 0. The molecular weight excluding hydrogens is 412 g/mol. The normalized spacial score (nSPS) is 13.2. The van der Waals surface area contributed by atoms with Gasteiger partial charge in [-0.05, 0) is 0 Å². The van der Waals surface area contributed by atoms with E-state index in [0.29, 0.717) is 0 Å². The summed E-state index contributed by atoms with van der Waals surface area (Å²) in [5.74, 6) is 0. The molecule has 0 aliphatic rings. The molecule has 0 aliphatic heterocycles. The topological polar surface area (TPSA) is 0 Å². The SMILES string of the molecule is [F][Sb]([F])([CH2]c1ccccc1)([CH2]c1ccccc1)[CH2]c1ccccc1. The molecule has 0 fully saturated rings. The zero-order valence-electron chi connectivity index (χ0n) is 13.5. The van der Waals surface area contributed by atoms with Crippen molar-refractivity contribution in [3.8, 4) is 0 Å². The van der Waals surface area contributed by atoms with Crippen LogP contribution in [0.2, 0.25) is 0 Å². The first-order valence-electron chi connectivity index (χ1n) is 8.08. The molecule has 3 rings (SSSR count). The molecule has 124 valence electrons. The van der Waals surface area contributed by atoms with Crippen molar-refractivity contribution >= 4 is 18.6 Å². The molecule has 0 unspecified atom stereocenters. The first-order chi connectivity index (χ1) is 11.5. The molecule has 0 spiro atoms. The van der Waals surface area contributed by atoms with Crippen molar-refractivity contribution in [3.63, 3.8) is 0 Å². The molecule has 0 aromatic heterocycles. The van der Waals surface area contributed by atoms with Crippen LogP contribution < -0.4 is 0 Å². The van der Waals surface area contributed by atoms with Crippen molar-refractivity contribution in [1.82, 2.24) is 0 Å². The maximum absolute atomic E-state index is 16.1. The van der Waals surface area contributed by atoms with Crippen LogP contribution in [0.1, 0.15) is 16.7 Å². The van der Waals surface area contributed by atoms with Crippen molar-refractivity contribution < 1.29 is 5.63 Å². The first kappa shape index (κ1) is 17.2. The molecule has 0 radical (unpaired) electrons. The minimum absolute atomic E-state index is 0.0715. The van der Waals surface area contributed by atoms with Crippen LogP contribution in [0.4, 0.5) is 5.63 Å². The van der Waals surface area contributed by atoms with Gasteiger partial charge in [0.15, 0.2) is 0 Å². The van der Waals surface area contributed by atoms with Crippen LogP contribution in [0.3, 0.4) is 0 Å². The van der Waals surface area contributed by atoms with E-state index in [2.05, 4.69) is 0 Å². The van der Waals surface area contributed by atoms with Crippen LogP contribution in [-0.2, 0) is 13.1 Å². The van der Waals surface area contributed by atoms with Crippen LogP contribution in [-0.4, -0.2) is 18.6 Å². The summed E-state index contributed by atoms with van der Waals surface area (Å²) in [6.45, 7) is 0. The van der Waals surface area contributed by atoms with E-state index in [-0.39, 0.29) is 13.1 Å². The second kappa shape index (κ2) is 7.07. The number of benzene rings is 3. The predicted octanol–water partition coefficient (Wildman–Crippen LogP) is 5.67. The van der Waals surface area contributed by atoms with E-state index in [9.17, 15) is 0 Å². The molecular formula is C21H21F2Sb. The van der Waals surface area contributed by atoms with Gasteiger partial charge in [-0.1, -0.05) is 0 Å². The number of rotatable bonds is 6. The molecule has 0 bridgehead atoms. The van der Waals surface area contributed by atoms with Crippen LogP contribution in [0.5, 0.6) is 0 Å². The van der Waals surface area contributed by atoms with Gasteiger partial charge in [0.1, 0.15) is 0 Å². The molecule has 3 aromatic carbocycles. The molecule has 0 atom stereocenters. The number of hydrogen-bond donors (Lipinski definition) is 0. The molecule has 0 heterocycles. The molecule has 0 amide bonds. The van der Waals surface area contributed by atoms with Gasteiger partial charge in [0.05, 0.1) is 0 Å². The Bertz CT molecular complexity index is 663. The zero-order chi connectivity index (χ0) is 16.9. The third-order valence-corrected chi connectivity index (χ3v) is 13.1. The summed E-state index contributed by atoms with van der Waals surface area (Å²) in [6, 6.07) is 27.6. The Kier molecular flexibility index (Phi) is 5.06. The van der Waals surface area contributed by atoms with Crippen molar-refractivity contribution in [2.75, 3.05) is 0 Å². The third kappa shape index (κ3) is 4.67. The molecule has 3 heteroatoms. The van der Waals surface area contributed by atoms with E-state index in [4.69, 9.17) is 0 Å². The van der Waals surface area contributed by atoms with Gasteiger partial charge in [-0.15, -0.1) is 0 Å². The van der Waals surface area contributed by atoms with Gasteiger partial charge < -0.3 is 0 Å². The Balaban J connectivity index is 1.95. The fourth-order valence-electron chi connectivity index (χ4n) is 3.11. The Morgan fingerprint density at radius 3 is 0.958 bits per heavy atom. The molecule has 0 saturated heterocycles. The Morgan fingerprint density at radius 1 is 0.458 bits per heavy atom. The maximum atomic E-state index is 16.1. The number of hydrogen-bond acceptors (Lipinski definition) is 0. The Morgan fingerprint density at radius 2 is 0.708 bits per heavy atom. The molecule has 0 saturated carbocycles. The van der Waals surface area contributed by atoms with Crippen molar-refractivity contribution in [2.45, 2.75) is 13.1 Å². The monoisotopic (exact) mass is 432 g/mol. The van der Waals surface area contributed by atoms with Gasteiger partial charge in [0.25, 0.3) is 0 Å². The van der Waals surface area contributed by atoms with Crippen molar-refractivity contribution in [1.29, 1.82) is 0 Å². The molecule has 24 heavy (non-hydrogen) atoms. The third-order valence-electron chi connectivity index (χ3n) is 4.11. The summed E-state index contributed by atoms with van der Waals surface area (Å²) in [7, 11) is 0. The Hall–Kier alpha value is -1.66. The second-order valence-electron chi connectivity index (χ2n) is 6.38. The van der Waals surface area contributed by atoms with Crippen molar-refractivity contribution in [3.05, 3.63) is 108 Å². The quantitative estimate of drug-likeness (QED) is 0.440. The van der Waals surface area contributed by atoms with Gasteiger partial charge in [-0.3, -0.25) is 0 Å². The van der Waals surface area contributed by atoms with Gasteiger partial charge in [-0.2, -0.15) is 0 Å². The van der Waals surface area contributed by atoms with Crippen LogP contribution >= 0.6 is 0 Å². The number of halogens is 2. The van der Waals surface area contributed by atoms with Gasteiger partial charge in [-0.25, -0.2) is 0 Å². The fourth-order valence-corrected chi connectivity index (χ4v) is 12.7. The van der Waals surface area contributed by atoms with Gasteiger partial charge in [0.2, 0.25) is 0 Å². The Labute approximate surface area is 144 Å². The van der Waals surface area contributed by atoms with Crippen LogP contribution in [0.15, 0.2) is 91.0 Å². The van der Waals surface area contributed by atoms with E-state index < -0.39 is 18.6 Å². The molecule has 0 N–H and O–H groups in total. The predicted molar refractivity (Wildman–Crippen MR) is 98.4 cm³/mol. The van der Waals surface area contributed by atoms with Crippen LogP contribution in [0, 0.1) is 0 Å². The van der Waals surface area contributed by atoms with E-state index >= 15 is 5.63 Å². The van der Waals surface area contributed by atoms with E-state index in [1.807, 2.05) is 91.0 Å². The summed E-state index contributed by atoms with van der Waals surface area (Å²) in [5.41, 5.74) is 2.24. The van der Waals surface area contributed by atoms with E-state index in [0.717, 1.165) is 16.7 Å². The fraction of sp³-hybridized carbons (Fsp3) is 0.143. The average molecular weight is 433 g/mol. The minimum atomic E-state index is -5.90. The van der Waals surface area contributed by atoms with Gasteiger partial charge >= 0.3 is 145 Å². The summed E-state index contributed by atoms with van der Waals surface area (Å²) in [4.78, 5) is 0. The summed E-state index contributed by atoms with van der Waals surface area (Å²) < 4.78 is 31.9.